The molecule has 2 heterocycles. The predicted molar refractivity (Wildman–Crippen MR) is 115 cm³/mol. The van der Waals surface area contributed by atoms with Crippen LogP contribution in [0.15, 0.2) is 39.7 Å². The zero-order valence-corrected chi connectivity index (χ0v) is 17.9. The van der Waals surface area contributed by atoms with Gasteiger partial charge in [0, 0.05) is 18.0 Å². The zero-order valence-electron chi connectivity index (χ0n) is 16.3. The molecule has 2 unspecified atom stereocenters. The fourth-order valence-electron chi connectivity index (χ4n) is 3.80. The lowest BCUT2D eigenvalue weighted by Gasteiger charge is -2.25. The number of ether oxygens (including phenoxy) is 1. The number of nitrogens with one attached hydrogen (secondary N) is 2. The van der Waals surface area contributed by atoms with Gasteiger partial charge in [-0.2, -0.15) is 0 Å². The van der Waals surface area contributed by atoms with Gasteiger partial charge in [-0.05, 0) is 47.4 Å². The Morgan fingerprint density at radius 2 is 2.07 bits per heavy atom. The molecule has 2 atom stereocenters. The third kappa shape index (κ3) is 4.87. The summed E-state index contributed by atoms with van der Waals surface area (Å²) < 4.78 is 5.02. The van der Waals surface area contributed by atoms with Crippen molar-refractivity contribution in [2.45, 2.75) is 44.0 Å². The lowest BCUT2D eigenvalue weighted by Crippen LogP contribution is -2.44. The second kappa shape index (κ2) is 9.22. The van der Waals surface area contributed by atoms with E-state index in [9.17, 15) is 14.4 Å². The van der Waals surface area contributed by atoms with Crippen LogP contribution >= 0.6 is 23.4 Å². The number of thioether (sulfide) groups is 1. The predicted octanol–water partition coefficient (Wildman–Crippen LogP) is 2.94. The molecule has 0 fully saturated rings. The lowest BCUT2D eigenvalue weighted by molar-refractivity contribution is -0.148. The average Bonchev–Trinajstić information content (AvgIpc) is 3.31. The maximum absolute atomic E-state index is 12.5. The fourth-order valence-corrected chi connectivity index (χ4v) is 5.47. The fraction of sp³-hybridized carbons (Fsp3) is 0.429. The monoisotopic (exact) mass is 447 g/mol. The van der Waals surface area contributed by atoms with Crippen molar-refractivity contribution in [2.24, 2.45) is 10.9 Å². The highest BCUT2D eigenvalue weighted by molar-refractivity contribution is 8.04. The van der Waals surface area contributed by atoms with E-state index in [-0.39, 0.29) is 42.6 Å². The molecule has 0 bridgehead atoms. The smallest absolute Gasteiger partial charge is 0.306 e. The molecule has 1 aromatic carbocycles. The number of nitrogens with zero attached hydrogens (tertiary/aromatic N) is 1. The molecule has 1 aliphatic carbocycles. The molecule has 0 saturated carbocycles. The number of carbonyl (C=O) groups is 3. The van der Waals surface area contributed by atoms with Gasteiger partial charge in [-0.25, -0.2) is 0 Å². The highest BCUT2D eigenvalue weighted by atomic mass is 35.5. The minimum atomic E-state index is -0.504. The largest absolute Gasteiger partial charge is 0.456 e. The van der Waals surface area contributed by atoms with E-state index in [1.807, 2.05) is 12.1 Å². The summed E-state index contributed by atoms with van der Waals surface area (Å²) in [5.74, 6) is -0.561. The number of esters is 1. The molecule has 2 amide bonds. The molecule has 1 aromatic rings. The minimum Gasteiger partial charge on any atom is -0.456 e. The molecule has 30 heavy (non-hydrogen) atoms. The Morgan fingerprint density at radius 1 is 1.27 bits per heavy atom. The van der Waals surface area contributed by atoms with Crippen LogP contribution in [0.3, 0.4) is 0 Å². The van der Waals surface area contributed by atoms with Gasteiger partial charge in [0.1, 0.15) is 11.2 Å². The Hall–Kier alpha value is -2.32. The van der Waals surface area contributed by atoms with Crippen molar-refractivity contribution in [2.75, 3.05) is 6.61 Å². The van der Waals surface area contributed by atoms with Crippen molar-refractivity contribution < 1.29 is 19.1 Å². The second-order valence-electron chi connectivity index (χ2n) is 7.42. The Balaban J connectivity index is 1.18. The van der Waals surface area contributed by atoms with Gasteiger partial charge in [0.2, 0.25) is 5.91 Å². The van der Waals surface area contributed by atoms with Gasteiger partial charge >= 0.3 is 5.97 Å². The van der Waals surface area contributed by atoms with Gasteiger partial charge in [-0.1, -0.05) is 23.7 Å². The summed E-state index contributed by atoms with van der Waals surface area (Å²) in [7, 11) is 0. The molecule has 2 N–H and O–H groups in total. The van der Waals surface area contributed by atoms with Gasteiger partial charge in [0.05, 0.1) is 12.3 Å². The van der Waals surface area contributed by atoms with E-state index in [2.05, 4.69) is 15.6 Å². The first-order valence-electron chi connectivity index (χ1n) is 9.92. The number of halogens is 1. The average molecular weight is 448 g/mol. The molecular formula is C21H22ClN3O4S. The van der Waals surface area contributed by atoms with Gasteiger partial charge in [-0.3, -0.25) is 19.4 Å². The molecule has 4 rings (SSSR count). The zero-order chi connectivity index (χ0) is 21.1. The van der Waals surface area contributed by atoms with Gasteiger partial charge in [0.25, 0.3) is 5.91 Å². The lowest BCUT2D eigenvalue weighted by atomic mass is 9.96. The summed E-state index contributed by atoms with van der Waals surface area (Å²) >= 11 is 7.50. The highest BCUT2D eigenvalue weighted by Crippen LogP contribution is 2.51. The highest BCUT2D eigenvalue weighted by Gasteiger charge is 2.44. The maximum atomic E-state index is 12.5. The van der Waals surface area contributed by atoms with Crippen LogP contribution in [0.2, 0.25) is 5.02 Å². The number of allylic oxidation sites excluding steroid dienone is 1. The Kier molecular flexibility index (Phi) is 6.43. The second-order valence-corrected chi connectivity index (χ2v) is 9.06. The molecule has 3 aliphatic rings. The quantitative estimate of drug-likeness (QED) is 0.626. The van der Waals surface area contributed by atoms with E-state index in [0.29, 0.717) is 17.4 Å². The van der Waals surface area contributed by atoms with Crippen molar-refractivity contribution in [1.29, 1.82) is 0 Å². The Bertz CT molecular complexity index is 929. The standard InChI is InChI=1S/C21H22ClN3O4S/c22-13-6-4-12(5-7-13)10-23-17(26)11-29-18(27)9-8-16-24-20(28)19-14-2-1-3-15(14)30-21(19)25-16/h4-7,19,21H,1-3,8-11H2,(H,23,26)(H,24,25,28). The van der Waals surface area contributed by atoms with Crippen LogP contribution in [-0.4, -0.2) is 35.6 Å². The molecule has 158 valence electrons. The third-order valence-corrected chi connectivity index (χ3v) is 6.92. The number of hydrogen-bond acceptors (Lipinski definition) is 6. The summed E-state index contributed by atoms with van der Waals surface area (Å²) in [5, 5.41) is 6.03. The van der Waals surface area contributed by atoms with Crippen molar-refractivity contribution in [1.82, 2.24) is 10.6 Å². The molecule has 0 spiro atoms. The summed E-state index contributed by atoms with van der Waals surface area (Å²) in [6.45, 7) is -0.0168. The number of benzene rings is 1. The van der Waals surface area contributed by atoms with Gasteiger partial charge in [-0.15, -0.1) is 11.8 Å². The topological polar surface area (TPSA) is 96.9 Å². The van der Waals surface area contributed by atoms with E-state index < -0.39 is 5.97 Å². The molecule has 0 aromatic heterocycles. The van der Waals surface area contributed by atoms with Crippen LogP contribution in [0.5, 0.6) is 0 Å². The van der Waals surface area contributed by atoms with Crippen LogP contribution in [0.1, 0.15) is 37.7 Å². The summed E-state index contributed by atoms with van der Waals surface area (Å²) in [5.41, 5.74) is 2.14. The number of amidine groups is 1. The van der Waals surface area contributed by atoms with Crippen molar-refractivity contribution in [3.63, 3.8) is 0 Å². The number of rotatable bonds is 7. The number of carbonyl (C=O) groups excluding carboxylic acids is 3. The van der Waals surface area contributed by atoms with E-state index in [4.69, 9.17) is 16.3 Å². The first-order valence-corrected chi connectivity index (χ1v) is 11.2. The Labute approximate surface area is 183 Å². The van der Waals surface area contributed by atoms with Crippen molar-refractivity contribution >= 4 is 47.0 Å². The SMILES string of the molecule is O=C(COC(=O)CCC1=NC2SC3=C(CCC3)C2C(=O)N1)NCc1ccc(Cl)cc1. The van der Waals surface area contributed by atoms with Crippen LogP contribution in [0, 0.1) is 5.92 Å². The molecule has 0 radical (unpaired) electrons. The van der Waals surface area contributed by atoms with E-state index in [1.54, 1.807) is 23.9 Å². The van der Waals surface area contributed by atoms with E-state index in [0.717, 1.165) is 24.8 Å². The van der Waals surface area contributed by atoms with E-state index in [1.165, 1.54) is 10.5 Å². The summed E-state index contributed by atoms with van der Waals surface area (Å²) in [6.07, 6.45) is 3.47. The number of hydrogen-bond donors (Lipinski definition) is 2. The molecule has 2 aliphatic heterocycles. The van der Waals surface area contributed by atoms with Crippen LogP contribution in [0.25, 0.3) is 0 Å². The minimum absolute atomic E-state index is 0.0284. The van der Waals surface area contributed by atoms with Crippen LogP contribution < -0.4 is 10.6 Å². The van der Waals surface area contributed by atoms with Crippen molar-refractivity contribution in [3.8, 4) is 0 Å². The summed E-state index contributed by atoms with van der Waals surface area (Å²) in [6, 6.07) is 7.11. The third-order valence-electron chi connectivity index (χ3n) is 5.30. The van der Waals surface area contributed by atoms with Crippen molar-refractivity contribution in [3.05, 3.63) is 45.3 Å². The molecule has 0 saturated heterocycles. The maximum Gasteiger partial charge on any atom is 0.306 e. The Morgan fingerprint density at radius 3 is 2.87 bits per heavy atom. The summed E-state index contributed by atoms with van der Waals surface area (Å²) in [4.78, 5) is 42.2. The number of aliphatic imine (C=N–C) groups is 1. The number of amides is 2. The first kappa shape index (κ1) is 20.9. The normalized spacial score (nSPS) is 22.2. The molecule has 9 heteroatoms. The number of fused-ring (bicyclic) bond motifs is 2. The molecular weight excluding hydrogens is 426 g/mol. The van der Waals surface area contributed by atoms with E-state index >= 15 is 0 Å². The molecule has 7 nitrogen and oxygen atoms in total. The first-order chi connectivity index (χ1) is 14.5. The van der Waals surface area contributed by atoms with Crippen LogP contribution in [-0.2, 0) is 25.7 Å². The van der Waals surface area contributed by atoms with Gasteiger partial charge in [0.15, 0.2) is 6.61 Å². The van der Waals surface area contributed by atoms with Crippen LogP contribution in [0.4, 0.5) is 0 Å². The van der Waals surface area contributed by atoms with Gasteiger partial charge < -0.3 is 15.4 Å².